The molecule has 16 heavy (non-hydrogen) atoms. The summed E-state index contributed by atoms with van der Waals surface area (Å²) in [5, 5.41) is 10.5. The molecule has 0 aliphatic carbocycles. The molecule has 0 aliphatic heterocycles. The molecule has 86 valence electrons. The first-order valence-corrected chi connectivity index (χ1v) is 4.57. The lowest BCUT2D eigenvalue weighted by Crippen LogP contribution is -2.20. The molecule has 1 aromatic rings. The summed E-state index contributed by atoms with van der Waals surface area (Å²) >= 11 is 4.47. The molecule has 0 amide bonds. The molecule has 0 bridgehead atoms. The van der Waals surface area contributed by atoms with E-state index in [9.17, 15) is 13.6 Å². The van der Waals surface area contributed by atoms with Crippen LogP contribution in [-0.4, -0.2) is 16.2 Å². The number of anilines is 1. The molecular weight excluding hydrogens is 238 g/mol. The molecule has 0 fully saturated rings. The van der Waals surface area contributed by atoms with Crippen LogP contribution in [0.3, 0.4) is 0 Å². The maximum Gasteiger partial charge on any atom is 0.307 e. The van der Waals surface area contributed by atoms with Crippen LogP contribution in [0.2, 0.25) is 0 Å². The number of carboxylic acids is 1. The monoisotopic (exact) mass is 246 g/mol. The van der Waals surface area contributed by atoms with Crippen LogP contribution >= 0.6 is 12.2 Å². The van der Waals surface area contributed by atoms with Crippen LogP contribution < -0.4 is 11.1 Å². The van der Waals surface area contributed by atoms with Crippen molar-refractivity contribution in [1.29, 1.82) is 0 Å². The zero-order valence-electron chi connectivity index (χ0n) is 7.96. The second-order valence-corrected chi connectivity index (χ2v) is 3.40. The van der Waals surface area contributed by atoms with E-state index in [-0.39, 0.29) is 16.4 Å². The van der Waals surface area contributed by atoms with Crippen LogP contribution in [-0.2, 0) is 11.2 Å². The Morgan fingerprint density at radius 3 is 2.56 bits per heavy atom. The predicted molar refractivity (Wildman–Crippen MR) is 58.1 cm³/mol. The molecule has 0 aliphatic rings. The highest BCUT2D eigenvalue weighted by Gasteiger charge is 2.15. The fraction of sp³-hybridized carbons (Fsp3) is 0.111. The Bertz CT molecular complexity index is 410. The van der Waals surface area contributed by atoms with Gasteiger partial charge in [0, 0.05) is 5.56 Å². The number of halogens is 2. The number of nitrogens with two attached hydrogens (primary N) is 1. The predicted octanol–water partition coefficient (Wildman–Crippen LogP) is 1.25. The van der Waals surface area contributed by atoms with Gasteiger partial charge in [0.25, 0.3) is 0 Å². The lowest BCUT2D eigenvalue weighted by Gasteiger charge is -2.08. The summed E-state index contributed by atoms with van der Waals surface area (Å²) in [7, 11) is 0. The molecular formula is C9H8F2N2O2S. The molecule has 0 saturated carbocycles. The van der Waals surface area contributed by atoms with E-state index in [0.717, 1.165) is 6.07 Å². The third-order valence-electron chi connectivity index (χ3n) is 1.76. The van der Waals surface area contributed by atoms with E-state index in [2.05, 4.69) is 17.5 Å². The minimum absolute atomic E-state index is 0.204. The maximum absolute atomic E-state index is 13.3. The van der Waals surface area contributed by atoms with Gasteiger partial charge in [0.05, 0.1) is 12.1 Å². The van der Waals surface area contributed by atoms with E-state index in [1.807, 2.05) is 0 Å². The third-order valence-corrected chi connectivity index (χ3v) is 1.86. The topological polar surface area (TPSA) is 75.3 Å². The van der Waals surface area contributed by atoms with Gasteiger partial charge in [0.2, 0.25) is 0 Å². The average Bonchev–Trinajstić information content (AvgIpc) is 2.16. The largest absolute Gasteiger partial charge is 0.481 e. The lowest BCUT2D eigenvalue weighted by molar-refractivity contribution is -0.136. The lowest BCUT2D eigenvalue weighted by atomic mass is 10.1. The first-order chi connectivity index (χ1) is 7.41. The summed E-state index contributed by atoms with van der Waals surface area (Å²) in [6.45, 7) is 0. The zero-order valence-corrected chi connectivity index (χ0v) is 8.78. The molecule has 1 rings (SSSR count). The fourth-order valence-corrected chi connectivity index (χ4v) is 1.23. The van der Waals surface area contributed by atoms with Crippen LogP contribution in [0.1, 0.15) is 5.56 Å². The Balaban J connectivity index is 3.07. The van der Waals surface area contributed by atoms with Crippen molar-refractivity contribution in [1.82, 2.24) is 0 Å². The van der Waals surface area contributed by atoms with Gasteiger partial charge < -0.3 is 16.2 Å². The van der Waals surface area contributed by atoms with Crippen LogP contribution in [0, 0.1) is 11.6 Å². The van der Waals surface area contributed by atoms with E-state index in [1.54, 1.807) is 0 Å². The molecule has 4 nitrogen and oxygen atoms in total. The van der Waals surface area contributed by atoms with Gasteiger partial charge in [0.15, 0.2) is 16.7 Å². The van der Waals surface area contributed by atoms with Gasteiger partial charge in [-0.1, -0.05) is 6.07 Å². The van der Waals surface area contributed by atoms with Crippen molar-refractivity contribution in [3.05, 3.63) is 29.3 Å². The number of benzene rings is 1. The van der Waals surface area contributed by atoms with E-state index < -0.39 is 24.0 Å². The molecule has 1 aromatic carbocycles. The summed E-state index contributed by atoms with van der Waals surface area (Å²) in [5.74, 6) is -3.66. The van der Waals surface area contributed by atoms with Gasteiger partial charge in [0.1, 0.15) is 0 Å². The summed E-state index contributed by atoms with van der Waals surface area (Å²) in [5.41, 5.74) is 4.64. The van der Waals surface area contributed by atoms with Gasteiger partial charge in [-0.3, -0.25) is 4.79 Å². The van der Waals surface area contributed by atoms with Crippen molar-refractivity contribution in [2.75, 3.05) is 5.32 Å². The van der Waals surface area contributed by atoms with E-state index >= 15 is 0 Å². The smallest absolute Gasteiger partial charge is 0.307 e. The minimum atomic E-state index is -1.24. The first kappa shape index (κ1) is 12.3. The van der Waals surface area contributed by atoms with Gasteiger partial charge in [-0.05, 0) is 18.3 Å². The molecule has 0 radical (unpaired) electrons. The van der Waals surface area contributed by atoms with Crippen molar-refractivity contribution < 1.29 is 18.7 Å². The number of thiocarbonyl (C=S) groups is 1. The fourth-order valence-electron chi connectivity index (χ4n) is 1.12. The molecule has 7 heteroatoms. The number of carboxylic acid groups (broad SMARTS) is 1. The van der Waals surface area contributed by atoms with Crippen LogP contribution in [0.15, 0.2) is 12.1 Å². The highest BCUT2D eigenvalue weighted by atomic mass is 32.1. The second-order valence-electron chi connectivity index (χ2n) is 2.96. The van der Waals surface area contributed by atoms with Crippen molar-refractivity contribution in [2.24, 2.45) is 5.73 Å². The number of rotatable bonds is 3. The number of carbonyl (C=O) groups is 1. The first-order valence-electron chi connectivity index (χ1n) is 4.17. The van der Waals surface area contributed by atoms with Gasteiger partial charge >= 0.3 is 5.97 Å². The second kappa shape index (κ2) is 4.84. The summed E-state index contributed by atoms with van der Waals surface area (Å²) in [4.78, 5) is 10.3. The summed E-state index contributed by atoms with van der Waals surface area (Å²) in [6, 6.07) is 2.34. The highest BCUT2D eigenvalue weighted by molar-refractivity contribution is 7.80. The Hall–Kier alpha value is -1.76. The van der Waals surface area contributed by atoms with Crippen LogP contribution in [0.4, 0.5) is 14.5 Å². The molecule has 0 atom stereocenters. The van der Waals surface area contributed by atoms with E-state index in [0.29, 0.717) is 0 Å². The number of aliphatic carboxylic acids is 1. The maximum atomic E-state index is 13.3. The average molecular weight is 246 g/mol. The van der Waals surface area contributed by atoms with Crippen molar-refractivity contribution in [2.45, 2.75) is 6.42 Å². The Kier molecular flexibility index (Phi) is 3.73. The van der Waals surface area contributed by atoms with Gasteiger partial charge in [-0.15, -0.1) is 0 Å². The number of hydrogen-bond donors (Lipinski definition) is 3. The highest BCUT2D eigenvalue weighted by Crippen LogP contribution is 2.20. The Labute approximate surface area is 95.1 Å². The van der Waals surface area contributed by atoms with Crippen LogP contribution in [0.5, 0.6) is 0 Å². The van der Waals surface area contributed by atoms with Crippen molar-refractivity contribution in [3.8, 4) is 0 Å². The Morgan fingerprint density at radius 1 is 1.44 bits per heavy atom. The normalized spacial score (nSPS) is 9.88. The zero-order chi connectivity index (χ0) is 12.3. The number of hydrogen-bond acceptors (Lipinski definition) is 2. The number of nitrogens with one attached hydrogen (secondary N) is 1. The molecule has 0 unspecified atom stereocenters. The van der Waals surface area contributed by atoms with Gasteiger partial charge in [-0.25, -0.2) is 8.78 Å². The molecule has 0 heterocycles. The quantitative estimate of drug-likeness (QED) is 0.700. The summed E-state index contributed by atoms with van der Waals surface area (Å²) < 4.78 is 26.6. The minimum Gasteiger partial charge on any atom is -0.481 e. The van der Waals surface area contributed by atoms with E-state index in [1.165, 1.54) is 6.07 Å². The Morgan fingerprint density at radius 2 is 2.06 bits per heavy atom. The van der Waals surface area contributed by atoms with Crippen molar-refractivity contribution in [3.63, 3.8) is 0 Å². The molecule has 0 saturated heterocycles. The van der Waals surface area contributed by atoms with E-state index in [4.69, 9.17) is 10.8 Å². The molecule has 0 spiro atoms. The van der Waals surface area contributed by atoms with Crippen LogP contribution in [0.25, 0.3) is 0 Å². The summed E-state index contributed by atoms with van der Waals surface area (Å²) in [6.07, 6.45) is -0.587. The van der Waals surface area contributed by atoms with Gasteiger partial charge in [-0.2, -0.15) is 0 Å². The standard InChI is InChI=1S/C9H8F2N2O2S/c10-7-4(3-6(14)15)1-2-5(8(7)11)13-9(12)16/h1-2H,3H2,(H,14,15)(H3,12,13,16). The van der Waals surface area contributed by atoms with Crippen molar-refractivity contribution >= 4 is 29.0 Å². The SMILES string of the molecule is NC(=S)Nc1ccc(CC(=O)O)c(F)c1F. The molecule has 0 aromatic heterocycles. The molecule has 4 N–H and O–H groups in total. The third kappa shape index (κ3) is 2.86.